The highest BCUT2D eigenvalue weighted by atomic mass is 32.1. The Balaban J connectivity index is 2.09. The van der Waals surface area contributed by atoms with Crippen LogP contribution < -0.4 is 5.56 Å². The Labute approximate surface area is 117 Å². The van der Waals surface area contributed by atoms with E-state index in [0.29, 0.717) is 15.4 Å². The summed E-state index contributed by atoms with van der Waals surface area (Å²) in [6.45, 7) is 2.24. The molecule has 7 heteroatoms. The monoisotopic (exact) mass is 293 g/mol. The van der Waals surface area contributed by atoms with Crippen LogP contribution in [0.1, 0.15) is 18.6 Å². The van der Waals surface area contributed by atoms with Crippen molar-refractivity contribution >= 4 is 33.8 Å². The van der Waals surface area contributed by atoms with E-state index in [4.69, 9.17) is 16.6 Å². The zero-order valence-corrected chi connectivity index (χ0v) is 11.8. The Morgan fingerprint density at radius 3 is 3.16 bits per heavy atom. The van der Waals surface area contributed by atoms with Crippen LogP contribution in [0.25, 0.3) is 10.2 Å². The van der Waals surface area contributed by atoms with Gasteiger partial charge in [-0.15, -0.1) is 11.3 Å². The highest BCUT2D eigenvalue weighted by molar-refractivity contribution is 7.71. The molecular weight excluding hydrogens is 282 g/mol. The molecule has 5 nitrogen and oxygen atoms in total. The van der Waals surface area contributed by atoms with E-state index in [1.807, 2.05) is 18.4 Å². The molecule has 0 aromatic carbocycles. The molecule has 19 heavy (non-hydrogen) atoms. The van der Waals surface area contributed by atoms with Gasteiger partial charge in [0, 0.05) is 6.42 Å². The normalized spacial score (nSPS) is 11.2. The molecule has 0 fully saturated rings. The van der Waals surface area contributed by atoms with E-state index in [-0.39, 0.29) is 12.1 Å². The first-order valence-corrected chi connectivity index (χ1v) is 7.11. The Morgan fingerprint density at radius 2 is 2.42 bits per heavy atom. The minimum absolute atomic E-state index is 0.106. The van der Waals surface area contributed by atoms with Gasteiger partial charge in [0.1, 0.15) is 17.0 Å². The second kappa shape index (κ2) is 4.75. The van der Waals surface area contributed by atoms with Crippen molar-refractivity contribution in [2.75, 3.05) is 0 Å². The second-order valence-electron chi connectivity index (χ2n) is 4.06. The third-order valence-corrected chi connectivity index (χ3v) is 4.06. The number of oxazole rings is 1. The van der Waals surface area contributed by atoms with Crippen molar-refractivity contribution in [3.63, 3.8) is 0 Å². The zero-order valence-electron chi connectivity index (χ0n) is 10.2. The molecule has 0 spiro atoms. The molecular formula is C12H11N3O2S2. The summed E-state index contributed by atoms with van der Waals surface area (Å²) in [4.78, 5) is 19.5. The molecule has 3 heterocycles. The number of aromatic amines is 1. The van der Waals surface area contributed by atoms with E-state index < -0.39 is 0 Å². The molecule has 0 radical (unpaired) electrons. The lowest BCUT2D eigenvalue weighted by Gasteiger charge is -2.03. The van der Waals surface area contributed by atoms with Gasteiger partial charge in [-0.25, -0.2) is 4.98 Å². The van der Waals surface area contributed by atoms with Gasteiger partial charge in [-0.1, -0.05) is 6.92 Å². The van der Waals surface area contributed by atoms with Crippen LogP contribution in [0, 0.1) is 4.77 Å². The van der Waals surface area contributed by atoms with Crippen molar-refractivity contribution in [1.29, 1.82) is 0 Å². The number of aryl methyl sites for hydroxylation is 1. The van der Waals surface area contributed by atoms with Crippen molar-refractivity contribution in [1.82, 2.24) is 14.5 Å². The van der Waals surface area contributed by atoms with Crippen LogP contribution in [0.5, 0.6) is 0 Å². The number of nitrogens with zero attached hydrogens (tertiary/aromatic N) is 2. The number of hydrogen-bond donors (Lipinski definition) is 1. The summed E-state index contributed by atoms with van der Waals surface area (Å²) in [5.41, 5.74) is 0.669. The minimum atomic E-state index is -0.106. The molecule has 1 N–H and O–H groups in total. The van der Waals surface area contributed by atoms with Gasteiger partial charge in [0.2, 0.25) is 5.89 Å². The van der Waals surface area contributed by atoms with E-state index in [0.717, 1.165) is 17.7 Å². The van der Waals surface area contributed by atoms with Gasteiger partial charge >= 0.3 is 0 Å². The Morgan fingerprint density at radius 1 is 1.58 bits per heavy atom. The van der Waals surface area contributed by atoms with E-state index >= 15 is 0 Å². The quantitative estimate of drug-likeness (QED) is 0.754. The lowest BCUT2D eigenvalue weighted by molar-refractivity contribution is 0.442. The molecule has 0 aliphatic heterocycles. The van der Waals surface area contributed by atoms with Gasteiger partial charge in [-0.2, -0.15) is 0 Å². The van der Waals surface area contributed by atoms with E-state index in [1.54, 1.807) is 6.20 Å². The highest BCUT2D eigenvalue weighted by Gasteiger charge is 2.10. The molecule has 0 bridgehead atoms. The van der Waals surface area contributed by atoms with Crippen molar-refractivity contribution in [2.45, 2.75) is 19.9 Å². The van der Waals surface area contributed by atoms with Crippen LogP contribution >= 0.6 is 23.6 Å². The summed E-state index contributed by atoms with van der Waals surface area (Å²) in [6, 6.07) is 1.85. The molecule has 3 aromatic rings. The number of hydrogen-bond acceptors (Lipinski definition) is 5. The summed E-state index contributed by atoms with van der Waals surface area (Å²) < 4.78 is 8.03. The van der Waals surface area contributed by atoms with Crippen LogP contribution in [0.15, 0.2) is 26.9 Å². The van der Waals surface area contributed by atoms with Crippen LogP contribution in [0.4, 0.5) is 0 Å². The molecule has 0 saturated carbocycles. The largest absolute Gasteiger partial charge is 0.444 e. The first-order chi connectivity index (χ1) is 9.19. The van der Waals surface area contributed by atoms with Crippen molar-refractivity contribution in [2.24, 2.45) is 0 Å². The summed E-state index contributed by atoms with van der Waals surface area (Å²) in [5.74, 6) is 1.30. The van der Waals surface area contributed by atoms with Crippen LogP contribution in [-0.4, -0.2) is 14.5 Å². The number of H-pyrrole nitrogens is 1. The first kappa shape index (κ1) is 12.3. The lowest BCUT2D eigenvalue weighted by Crippen LogP contribution is -2.22. The van der Waals surface area contributed by atoms with Gasteiger partial charge in [-0.3, -0.25) is 9.36 Å². The average molecular weight is 293 g/mol. The number of fused-ring (bicyclic) bond motifs is 1. The standard InChI is InChI=1S/C12H11N3O2S2/c1-2-7-5-13-9(17-7)6-15-11(16)10-8(3-4-19-10)14-12(15)18/h3-5H,2,6H2,1H3,(H,14,18). The Kier molecular flexibility index (Phi) is 3.08. The molecule has 0 saturated heterocycles. The lowest BCUT2D eigenvalue weighted by atomic mass is 10.4. The topological polar surface area (TPSA) is 63.8 Å². The maximum Gasteiger partial charge on any atom is 0.272 e. The van der Waals surface area contributed by atoms with Gasteiger partial charge in [-0.05, 0) is 23.7 Å². The average Bonchev–Trinajstić information content (AvgIpc) is 3.02. The molecule has 0 aliphatic carbocycles. The van der Waals surface area contributed by atoms with E-state index in [2.05, 4.69) is 9.97 Å². The third-order valence-electron chi connectivity index (χ3n) is 2.83. The molecule has 0 unspecified atom stereocenters. The minimum Gasteiger partial charge on any atom is -0.444 e. The third kappa shape index (κ3) is 2.15. The van der Waals surface area contributed by atoms with Crippen LogP contribution in [0.2, 0.25) is 0 Å². The highest BCUT2D eigenvalue weighted by Crippen LogP contribution is 2.14. The Bertz CT molecular complexity index is 840. The summed E-state index contributed by atoms with van der Waals surface area (Å²) >= 11 is 6.61. The SMILES string of the molecule is CCc1cnc(Cn2c(=S)[nH]c3ccsc3c2=O)o1. The van der Waals surface area contributed by atoms with Gasteiger partial charge in [0.25, 0.3) is 5.56 Å². The van der Waals surface area contributed by atoms with Gasteiger partial charge in [0.05, 0.1) is 11.7 Å². The maximum absolute atomic E-state index is 12.3. The fourth-order valence-electron chi connectivity index (χ4n) is 1.83. The molecule has 3 rings (SSSR count). The predicted octanol–water partition coefficient (Wildman–Crippen LogP) is 2.72. The summed E-state index contributed by atoms with van der Waals surface area (Å²) in [5, 5.41) is 1.86. The number of nitrogens with one attached hydrogen (secondary N) is 1. The van der Waals surface area contributed by atoms with E-state index in [1.165, 1.54) is 15.9 Å². The molecule has 0 aliphatic rings. The fourth-order valence-corrected chi connectivity index (χ4v) is 2.89. The second-order valence-corrected chi connectivity index (χ2v) is 5.36. The summed E-state index contributed by atoms with van der Waals surface area (Å²) in [7, 11) is 0. The molecule has 0 amide bonds. The maximum atomic E-state index is 12.3. The van der Waals surface area contributed by atoms with Crippen LogP contribution in [-0.2, 0) is 13.0 Å². The molecule has 98 valence electrons. The zero-order chi connectivity index (χ0) is 13.4. The molecule has 0 atom stereocenters. The number of rotatable bonds is 3. The number of thiophene rings is 1. The predicted molar refractivity (Wildman–Crippen MR) is 76.3 cm³/mol. The Hall–Kier alpha value is -1.73. The fraction of sp³-hybridized carbons (Fsp3) is 0.250. The van der Waals surface area contributed by atoms with E-state index in [9.17, 15) is 4.79 Å². The summed E-state index contributed by atoms with van der Waals surface area (Å²) in [6.07, 6.45) is 2.45. The first-order valence-electron chi connectivity index (χ1n) is 5.83. The van der Waals surface area contributed by atoms with Crippen molar-refractivity contribution < 1.29 is 4.42 Å². The smallest absolute Gasteiger partial charge is 0.272 e. The number of aromatic nitrogens is 3. The van der Waals surface area contributed by atoms with Crippen molar-refractivity contribution in [3.8, 4) is 0 Å². The van der Waals surface area contributed by atoms with Crippen molar-refractivity contribution in [3.05, 3.63) is 44.4 Å². The van der Waals surface area contributed by atoms with Gasteiger partial charge in [0.15, 0.2) is 4.77 Å². The molecule has 3 aromatic heterocycles. The van der Waals surface area contributed by atoms with Crippen LogP contribution in [0.3, 0.4) is 0 Å². The van der Waals surface area contributed by atoms with Gasteiger partial charge < -0.3 is 9.40 Å².